The molecule has 2 aromatic rings. The molecule has 16 heavy (non-hydrogen) atoms. The Labute approximate surface area is 90.1 Å². The second kappa shape index (κ2) is 3.65. The summed E-state index contributed by atoms with van der Waals surface area (Å²) < 4.78 is 6.30. The first-order valence-corrected chi connectivity index (χ1v) is 4.42. The molecule has 0 bridgehead atoms. The molecular weight excluding hydrogens is 212 g/mol. The number of carboxylic acid groups (broad SMARTS) is 1. The van der Waals surface area contributed by atoms with Crippen molar-refractivity contribution < 1.29 is 19.4 Å². The molecule has 0 fully saturated rings. The predicted molar refractivity (Wildman–Crippen MR) is 54.1 cm³/mol. The maximum atomic E-state index is 10.9. The van der Waals surface area contributed by atoms with Gasteiger partial charge in [-0.1, -0.05) is 0 Å². The Morgan fingerprint density at radius 2 is 2.31 bits per heavy atom. The summed E-state index contributed by atoms with van der Waals surface area (Å²) in [6, 6.07) is 4.30. The standard InChI is InChI=1S/C10H8N2O4/c1-16-9-3-2-7(10(14)15)8-4-6(5-13)11-12(8)9/h2-5H,1H3,(H,14,15). The van der Waals surface area contributed by atoms with Crippen molar-refractivity contribution in [2.75, 3.05) is 7.11 Å². The van der Waals surface area contributed by atoms with Crippen molar-refractivity contribution in [1.82, 2.24) is 9.61 Å². The first kappa shape index (κ1) is 10.2. The van der Waals surface area contributed by atoms with Crippen LogP contribution in [-0.2, 0) is 0 Å². The number of aldehydes is 1. The summed E-state index contributed by atoms with van der Waals surface area (Å²) in [6.07, 6.45) is 0.554. The highest BCUT2D eigenvalue weighted by Gasteiger charge is 2.14. The van der Waals surface area contributed by atoms with E-state index in [1.54, 1.807) is 0 Å². The Morgan fingerprint density at radius 3 is 2.88 bits per heavy atom. The highest BCUT2D eigenvalue weighted by atomic mass is 16.5. The van der Waals surface area contributed by atoms with Crippen LogP contribution in [0.25, 0.3) is 5.52 Å². The van der Waals surface area contributed by atoms with E-state index < -0.39 is 5.97 Å². The molecule has 0 aromatic carbocycles. The lowest BCUT2D eigenvalue weighted by atomic mass is 10.2. The van der Waals surface area contributed by atoms with Crippen molar-refractivity contribution in [3.8, 4) is 5.88 Å². The number of aromatic nitrogens is 2. The quantitative estimate of drug-likeness (QED) is 0.775. The summed E-state index contributed by atoms with van der Waals surface area (Å²) in [7, 11) is 1.44. The molecule has 2 rings (SSSR count). The second-order valence-corrected chi connectivity index (χ2v) is 3.08. The molecule has 6 heteroatoms. The van der Waals surface area contributed by atoms with Gasteiger partial charge in [-0.25, -0.2) is 4.79 Å². The highest BCUT2D eigenvalue weighted by Crippen LogP contribution is 2.19. The lowest BCUT2D eigenvalue weighted by Crippen LogP contribution is -2.03. The third kappa shape index (κ3) is 1.40. The zero-order valence-electron chi connectivity index (χ0n) is 8.38. The fraction of sp³-hybridized carbons (Fsp3) is 0.100. The van der Waals surface area contributed by atoms with Crippen molar-refractivity contribution in [2.45, 2.75) is 0 Å². The third-order valence-corrected chi connectivity index (χ3v) is 2.17. The number of methoxy groups -OCH3 is 1. The summed E-state index contributed by atoms with van der Waals surface area (Å²) in [5.41, 5.74) is 0.558. The van der Waals surface area contributed by atoms with Gasteiger partial charge in [0.15, 0.2) is 6.29 Å². The van der Waals surface area contributed by atoms with Crippen LogP contribution in [-0.4, -0.2) is 34.1 Å². The number of carbonyl (C=O) groups excluding carboxylic acids is 1. The summed E-state index contributed by atoms with van der Waals surface area (Å²) in [5.74, 6) is -0.710. The van der Waals surface area contributed by atoms with Crippen LogP contribution in [0.5, 0.6) is 5.88 Å². The van der Waals surface area contributed by atoms with E-state index in [1.807, 2.05) is 0 Å². The summed E-state index contributed by atoms with van der Waals surface area (Å²) >= 11 is 0. The third-order valence-electron chi connectivity index (χ3n) is 2.17. The SMILES string of the molecule is COc1ccc(C(=O)O)c2cc(C=O)nn12. The Hall–Kier alpha value is -2.37. The number of hydrogen-bond acceptors (Lipinski definition) is 4. The van der Waals surface area contributed by atoms with Crippen LogP contribution in [0.4, 0.5) is 0 Å². The molecule has 0 spiro atoms. The average molecular weight is 220 g/mol. The number of carbonyl (C=O) groups is 2. The molecule has 2 aromatic heterocycles. The molecule has 0 saturated heterocycles. The van der Waals surface area contributed by atoms with Crippen LogP contribution >= 0.6 is 0 Å². The number of hydrogen-bond donors (Lipinski definition) is 1. The molecule has 0 aliphatic heterocycles. The fourth-order valence-corrected chi connectivity index (χ4v) is 1.46. The van der Waals surface area contributed by atoms with E-state index in [0.717, 1.165) is 0 Å². The molecule has 0 unspecified atom stereocenters. The molecular formula is C10H8N2O4. The zero-order valence-corrected chi connectivity index (χ0v) is 8.38. The molecule has 0 atom stereocenters. The summed E-state index contributed by atoms with van der Waals surface area (Å²) in [4.78, 5) is 21.5. The van der Waals surface area contributed by atoms with Gasteiger partial charge in [-0.05, 0) is 12.1 Å². The van der Waals surface area contributed by atoms with Crippen molar-refractivity contribution in [1.29, 1.82) is 0 Å². The molecule has 6 nitrogen and oxygen atoms in total. The lowest BCUT2D eigenvalue weighted by Gasteiger charge is -2.04. The highest BCUT2D eigenvalue weighted by molar-refractivity contribution is 5.96. The van der Waals surface area contributed by atoms with Crippen molar-refractivity contribution in [2.24, 2.45) is 0 Å². The minimum absolute atomic E-state index is 0.0707. The fourth-order valence-electron chi connectivity index (χ4n) is 1.46. The molecule has 0 aliphatic rings. The summed E-state index contributed by atoms with van der Waals surface area (Å²) in [5, 5.41) is 12.9. The molecule has 2 heterocycles. The van der Waals surface area contributed by atoms with E-state index in [-0.39, 0.29) is 11.3 Å². The smallest absolute Gasteiger partial charge is 0.337 e. The van der Waals surface area contributed by atoms with Gasteiger partial charge >= 0.3 is 5.97 Å². The first-order valence-electron chi connectivity index (χ1n) is 4.42. The van der Waals surface area contributed by atoms with Gasteiger partial charge in [0.05, 0.1) is 18.2 Å². The predicted octanol–water partition coefficient (Wildman–Crippen LogP) is 0.854. The molecule has 0 radical (unpaired) electrons. The van der Waals surface area contributed by atoms with Gasteiger partial charge in [-0.3, -0.25) is 4.79 Å². The van der Waals surface area contributed by atoms with Gasteiger partial charge < -0.3 is 9.84 Å². The molecule has 0 saturated carbocycles. The minimum Gasteiger partial charge on any atom is -0.481 e. The first-order chi connectivity index (χ1) is 7.67. The molecule has 0 aliphatic carbocycles. The number of nitrogens with zero attached hydrogens (tertiary/aromatic N) is 2. The largest absolute Gasteiger partial charge is 0.481 e. The van der Waals surface area contributed by atoms with E-state index in [0.29, 0.717) is 17.7 Å². The van der Waals surface area contributed by atoms with Crippen LogP contribution in [0.3, 0.4) is 0 Å². The van der Waals surface area contributed by atoms with Crippen LogP contribution in [0.1, 0.15) is 20.8 Å². The van der Waals surface area contributed by atoms with Crippen molar-refractivity contribution in [3.63, 3.8) is 0 Å². The second-order valence-electron chi connectivity index (χ2n) is 3.08. The van der Waals surface area contributed by atoms with E-state index >= 15 is 0 Å². The van der Waals surface area contributed by atoms with Gasteiger partial charge in [-0.15, -0.1) is 0 Å². The van der Waals surface area contributed by atoms with Gasteiger partial charge in [0.2, 0.25) is 5.88 Å². The van der Waals surface area contributed by atoms with Crippen LogP contribution in [0.2, 0.25) is 0 Å². The van der Waals surface area contributed by atoms with Gasteiger partial charge in [-0.2, -0.15) is 9.61 Å². The van der Waals surface area contributed by atoms with Gasteiger partial charge in [0.1, 0.15) is 5.69 Å². The monoisotopic (exact) mass is 220 g/mol. The van der Waals surface area contributed by atoms with Crippen molar-refractivity contribution >= 4 is 17.8 Å². The van der Waals surface area contributed by atoms with Gasteiger partial charge in [0.25, 0.3) is 0 Å². The van der Waals surface area contributed by atoms with Crippen LogP contribution in [0.15, 0.2) is 18.2 Å². The number of rotatable bonds is 3. The van der Waals surface area contributed by atoms with E-state index in [9.17, 15) is 9.59 Å². The molecule has 0 amide bonds. The normalized spacial score (nSPS) is 10.3. The number of carboxylic acids is 1. The minimum atomic E-state index is -1.08. The van der Waals surface area contributed by atoms with E-state index in [1.165, 1.54) is 29.8 Å². The van der Waals surface area contributed by atoms with Gasteiger partial charge in [0, 0.05) is 6.07 Å². The van der Waals surface area contributed by atoms with Crippen LogP contribution < -0.4 is 4.74 Å². The van der Waals surface area contributed by atoms with Crippen molar-refractivity contribution in [3.05, 3.63) is 29.5 Å². The van der Waals surface area contributed by atoms with E-state index in [4.69, 9.17) is 9.84 Å². The maximum Gasteiger partial charge on any atom is 0.337 e. The number of aromatic carboxylic acids is 1. The average Bonchev–Trinajstić information content (AvgIpc) is 2.70. The Bertz CT molecular complexity index is 573. The Kier molecular flexibility index (Phi) is 2.32. The Morgan fingerprint density at radius 1 is 1.56 bits per heavy atom. The zero-order chi connectivity index (χ0) is 11.7. The lowest BCUT2D eigenvalue weighted by molar-refractivity contribution is 0.0698. The number of pyridine rings is 1. The summed E-state index contributed by atoms with van der Waals surface area (Å²) in [6.45, 7) is 0. The molecule has 1 N–H and O–H groups in total. The topological polar surface area (TPSA) is 80.9 Å². The molecule has 82 valence electrons. The number of fused-ring (bicyclic) bond motifs is 1. The van der Waals surface area contributed by atoms with E-state index in [2.05, 4.69) is 5.10 Å². The number of ether oxygens (including phenoxy) is 1. The van der Waals surface area contributed by atoms with Crippen LogP contribution in [0, 0.1) is 0 Å². The maximum absolute atomic E-state index is 10.9. The Balaban J connectivity index is 2.82.